The number of carbonyl (C=O) groups excluding carboxylic acids is 2. The lowest BCUT2D eigenvalue weighted by Crippen LogP contribution is -2.55. The Bertz CT molecular complexity index is 1820. The standard InChI is InChI=1S/C36H39IN2O10/c1-45-27-9-5-4-7-22(27)11-13-39(36(44)31-18-23-8-6-10-28(46-2)33(23)49-31)26-17-24(35(43)38-12-14-40)19-29(32(26)42)48-34-25(37)15-21(20-41)16-30(34)47-3/h4-10,15-16,18-19,26,29,32,40-42H,11-14,17,20H2,1-3H3,(H,38,43)/t26-,29+,32+/m1/s1. The first-order valence-corrected chi connectivity index (χ1v) is 16.7. The van der Waals surface area contributed by atoms with Crippen molar-refractivity contribution in [1.29, 1.82) is 0 Å². The Kier molecular flexibility index (Phi) is 12.0. The minimum absolute atomic E-state index is 0.0144. The van der Waals surface area contributed by atoms with E-state index in [1.165, 1.54) is 25.2 Å². The van der Waals surface area contributed by atoms with Gasteiger partial charge in [0.2, 0.25) is 5.91 Å². The molecule has 0 bridgehead atoms. The maximum atomic E-state index is 14.5. The predicted molar refractivity (Wildman–Crippen MR) is 189 cm³/mol. The second-order valence-electron chi connectivity index (χ2n) is 11.3. The predicted octanol–water partition coefficient (Wildman–Crippen LogP) is 3.86. The molecule has 0 saturated heterocycles. The average Bonchev–Trinajstić information content (AvgIpc) is 3.57. The number of rotatable bonds is 14. The minimum Gasteiger partial charge on any atom is -0.496 e. The number of methoxy groups -OCH3 is 3. The Hall–Kier alpha value is -4.31. The third kappa shape index (κ3) is 7.96. The van der Waals surface area contributed by atoms with Gasteiger partial charge >= 0.3 is 0 Å². The average molecular weight is 787 g/mol. The van der Waals surface area contributed by atoms with Crippen LogP contribution >= 0.6 is 22.6 Å². The number of para-hydroxylation sites is 2. The quantitative estimate of drug-likeness (QED) is 0.138. The number of carbonyl (C=O) groups is 2. The van der Waals surface area contributed by atoms with Crippen LogP contribution in [0.15, 0.2) is 76.7 Å². The van der Waals surface area contributed by atoms with Gasteiger partial charge in [-0.3, -0.25) is 9.59 Å². The molecule has 3 aromatic carbocycles. The molecule has 2 amide bonds. The monoisotopic (exact) mass is 786 g/mol. The first kappa shape index (κ1) is 36.0. The topological polar surface area (TPSA) is 160 Å². The number of aliphatic hydroxyl groups is 3. The summed E-state index contributed by atoms with van der Waals surface area (Å²) in [5.74, 6) is 0.782. The highest BCUT2D eigenvalue weighted by Crippen LogP contribution is 2.38. The molecule has 12 nitrogen and oxygen atoms in total. The van der Waals surface area contributed by atoms with Crippen molar-refractivity contribution in [1.82, 2.24) is 10.2 Å². The third-order valence-electron chi connectivity index (χ3n) is 8.35. The number of amides is 2. The SMILES string of the molecule is COc1ccccc1CCN(C(=O)c1cc2cccc(OC)c2o1)[C@@H]1CC(C(=O)NCCO)=C[C@H](Oc2c(I)cc(CO)cc2OC)[C@H]1O. The van der Waals surface area contributed by atoms with E-state index in [0.29, 0.717) is 49.5 Å². The Balaban J connectivity index is 1.57. The number of furan rings is 1. The summed E-state index contributed by atoms with van der Waals surface area (Å²) in [5.41, 5.74) is 2.11. The van der Waals surface area contributed by atoms with E-state index in [-0.39, 0.29) is 44.1 Å². The Morgan fingerprint density at radius 3 is 2.43 bits per heavy atom. The molecule has 13 heteroatoms. The number of nitrogens with zero attached hydrogens (tertiary/aromatic N) is 1. The molecule has 0 spiro atoms. The second kappa shape index (κ2) is 16.4. The van der Waals surface area contributed by atoms with Crippen molar-refractivity contribution in [2.24, 2.45) is 0 Å². The molecular weight excluding hydrogens is 747 g/mol. The summed E-state index contributed by atoms with van der Waals surface area (Å²) >= 11 is 2.05. The molecule has 1 aromatic heterocycles. The van der Waals surface area contributed by atoms with Gasteiger partial charge in [-0.1, -0.05) is 30.3 Å². The van der Waals surface area contributed by atoms with Gasteiger partial charge in [0.1, 0.15) is 18.0 Å². The van der Waals surface area contributed by atoms with E-state index in [1.54, 1.807) is 43.5 Å². The molecule has 3 atom stereocenters. The van der Waals surface area contributed by atoms with Crippen molar-refractivity contribution in [3.63, 3.8) is 0 Å². The van der Waals surface area contributed by atoms with Gasteiger partial charge in [-0.25, -0.2) is 0 Å². The van der Waals surface area contributed by atoms with E-state index >= 15 is 0 Å². The molecule has 49 heavy (non-hydrogen) atoms. The van der Waals surface area contributed by atoms with Crippen LogP contribution < -0.4 is 24.3 Å². The molecule has 0 radical (unpaired) electrons. The molecule has 260 valence electrons. The minimum atomic E-state index is -1.31. The maximum absolute atomic E-state index is 14.5. The van der Waals surface area contributed by atoms with Crippen LogP contribution in [-0.2, 0) is 17.8 Å². The third-order valence-corrected chi connectivity index (χ3v) is 9.16. The smallest absolute Gasteiger partial charge is 0.289 e. The van der Waals surface area contributed by atoms with Crippen molar-refractivity contribution >= 4 is 45.4 Å². The number of fused-ring (bicyclic) bond motifs is 1. The molecule has 1 aliphatic rings. The van der Waals surface area contributed by atoms with Gasteiger partial charge in [0.15, 0.2) is 28.6 Å². The number of benzene rings is 3. The van der Waals surface area contributed by atoms with E-state index in [0.717, 1.165) is 5.56 Å². The normalized spacial score (nSPS) is 17.3. The Morgan fingerprint density at radius 2 is 1.71 bits per heavy atom. The summed E-state index contributed by atoms with van der Waals surface area (Å²) in [7, 11) is 4.55. The number of hydrogen-bond donors (Lipinski definition) is 4. The zero-order valence-corrected chi connectivity index (χ0v) is 29.5. The molecule has 1 aliphatic carbocycles. The van der Waals surface area contributed by atoms with E-state index in [1.807, 2.05) is 46.9 Å². The van der Waals surface area contributed by atoms with Crippen LogP contribution in [-0.4, -0.2) is 91.3 Å². The second-order valence-corrected chi connectivity index (χ2v) is 12.5. The van der Waals surface area contributed by atoms with Gasteiger partial charge in [0, 0.05) is 30.5 Å². The fourth-order valence-electron chi connectivity index (χ4n) is 5.91. The highest BCUT2D eigenvalue weighted by atomic mass is 127. The molecule has 1 heterocycles. The van der Waals surface area contributed by atoms with Crippen LogP contribution in [0.5, 0.6) is 23.0 Å². The Morgan fingerprint density at radius 1 is 0.980 bits per heavy atom. The summed E-state index contributed by atoms with van der Waals surface area (Å²) in [6.07, 6.45) is -0.547. The Labute approximate surface area is 297 Å². The number of halogens is 1. The largest absolute Gasteiger partial charge is 0.496 e. The van der Waals surface area contributed by atoms with Crippen LogP contribution in [0.1, 0.15) is 28.1 Å². The van der Waals surface area contributed by atoms with E-state index in [4.69, 9.17) is 23.4 Å². The molecule has 0 fully saturated rings. The number of ether oxygens (including phenoxy) is 4. The zero-order chi connectivity index (χ0) is 35.1. The van der Waals surface area contributed by atoms with Crippen molar-refractivity contribution in [2.75, 3.05) is 41.0 Å². The van der Waals surface area contributed by atoms with Crippen LogP contribution in [0.3, 0.4) is 0 Å². The number of aliphatic hydroxyl groups excluding tert-OH is 3. The lowest BCUT2D eigenvalue weighted by molar-refractivity contribution is -0.118. The van der Waals surface area contributed by atoms with E-state index in [2.05, 4.69) is 5.32 Å². The van der Waals surface area contributed by atoms with Gasteiger partial charge in [-0.15, -0.1) is 0 Å². The van der Waals surface area contributed by atoms with Gasteiger partial charge in [-0.05, 0) is 76.5 Å². The van der Waals surface area contributed by atoms with Crippen LogP contribution in [0.25, 0.3) is 11.0 Å². The van der Waals surface area contributed by atoms with E-state index < -0.39 is 30.1 Å². The summed E-state index contributed by atoms with van der Waals surface area (Å²) in [6, 6.07) is 16.8. The lowest BCUT2D eigenvalue weighted by Gasteiger charge is -2.40. The number of nitrogens with one attached hydrogen (secondary N) is 1. The molecule has 0 aliphatic heterocycles. The molecule has 5 rings (SSSR count). The summed E-state index contributed by atoms with van der Waals surface area (Å²) in [6.45, 7) is -0.344. The van der Waals surface area contributed by atoms with Gasteiger partial charge in [0.05, 0.1) is 44.2 Å². The molecular formula is C36H39IN2O10. The van der Waals surface area contributed by atoms with Crippen molar-refractivity contribution in [2.45, 2.75) is 37.7 Å². The van der Waals surface area contributed by atoms with Crippen LogP contribution in [0.4, 0.5) is 0 Å². The first-order valence-electron chi connectivity index (χ1n) is 15.6. The zero-order valence-electron chi connectivity index (χ0n) is 27.4. The fraction of sp³-hybridized carbons (Fsp3) is 0.333. The van der Waals surface area contributed by atoms with Crippen LogP contribution in [0.2, 0.25) is 0 Å². The van der Waals surface area contributed by atoms with Crippen LogP contribution in [0, 0.1) is 3.57 Å². The first-order chi connectivity index (χ1) is 23.7. The number of hydrogen-bond acceptors (Lipinski definition) is 10. The highest BCUT2D eigenvalue weighted by Gasteiger charge is 2.42. The van der Waals surface area contributed by atoms with Crippen molar-refractivity contribution < 1.29 is 48.3 Å². The van der Waals surface area contributed by atoms with Gasteiger partial charge < -0.3 is 48.9 Å². The highest BCUT2D eigenvalue weighted by molar-refractivity contribution is 14.1. The molecule has 0 unspecified atom stereocenters. The van der Waals surface area contributed by atoms with Gasteiger partial charge in [0.25, 0.3) is 5.91 Å². The van der Waals surface area contributed by atoms with Crippen molar-refractivity contribution in [3.05, 3.63) is 92.8 Å². The van der Waals surface area contributed by atoms with Gasteiger partial charge in [-0.2, -0.15) is 0 Å². The van der Waals surface area contributed by atoms with Crippen molar-refractivity contribution in [3.8, 4) is 23.0 Å². The summed E-state index contributed by atoms with van der Waals surface area (Å²) < 4.78 is 29.6. The van der Waals surface area contributed by atoms with E-state index in [9.17, 15) is 24.9 Å². The summed E-state index contributed by atoms with van der Waals surface area (Å²) in [4.78, 5) is 29.3. The molecule has 4 aromatic rings. The lowest BCUT2D eigenvalue weighted by atomic mass is 9.87. The fourth-order valence-corrected chi connectivity index (χ4v) is 6.70. The summed E-state index contributed by atoms with van der Waals surface area (Å²) in [5, 5.41) is 34.4. The molecule has 4 N–H and O–H groups in total. The molecule has 0 saturated carbocycles. The maximum Gasteiger partial charge on any atom is 0.289 e.